The molecule has 3 saturated carbocycles. The van der Waals surface area contributed by atoms with E-state index in [2.05, 4.69) is 6.92 Å². The predicted octanol–water partition coefficient (Wildman–Crippen LogP) is 2.16. The van der Waals surface area contributed by atoms with Crippen LogP contribution in [-0.4, -0.2) is 5.78 Å². The zero-order chi connectivity index (χ0) is 7.69. The Hall–Kier alpha value is -0.330. The molecular weight excluding hydrogens is 136 g/mol. The van der Waals surface area contributed by atoms with Crippen LogP contribution in [0, 0.1) is 16.7 Å². The first-order valence-corrected chi connectivity index (χ1v) is 4.73. The highest BCUT2D eigenvalue weighted by Gasteiger charge is 2.79. The van der Waals surface area contributed by atoms with Gasteiger partial charge in [0.2, 0.25) is 0 Å². The molecular formula is C10H14O. The molecule has 3 unspecified atom stereocenters. The lowest BCUT2D eigenvalue weighted by Gasteiger charge is -2.11. The topological polar surface area (TPSA) is 17.1 Å². The van der Waals surface area contributed by atoms with E-state index in [0.717, 1.165) is 6.42 Å². The average Bonchev–Trinajstić information content (AvgIpc) is 2.32. The Kier molecular flexibility index (Phi) is 0.799. The number of fused-ring (bicyclic) bond motifs is 1. The van der Waals surface area contributed by atoms with Crippen molar-refractivity contribution in [3.8, 4) is 0 Å². The highest BCUT2D eigenvalue weighted by atomic mass is 16.1. The van der Waals surface area contributed by atoms with Gasteiger partial charge in [-0.1, -0.05) is 13.3 Å². The number of ketones is 1. The summed E-state index contributed by atoms with van der Waals surface area (Å²) in [6, 6.07) is 0. The molecule has 0 heterocycles. The Labute approximate surface area is 67.2 Å². The lowest BCUT2D eigenvalue weighted by atomic mass is 9.93. The van der Waals surface area contributed by atoms with Gasteiger partial charge in [-0.2, -0.15) is 0 Å². The molecule has 11 heavy (non-hydrogen) atoms. The molecule has 0 aromatic heterocycles. The van der Waals surface area contributed by atoms with Crippen LogP contribution in [0.4, 0.5) is 0 Å². The normalized spacial score (nSPS) is 59.4. The number of rotatable bonds is 0. The summed E-state index contributed by atoms with van der Waals surface area (Å²) in [5, 5.41) is 0. The fourth-order valence-electron chi connectivity index (χ4n) is 4.14. The van der Waals surface area contributed by atoms with Crippen LogP contribution in [0.25, 0.3) is 0 Å². The molecule has 3 fully saturated rings. The van der Waals surface area contributed by atoms with Crippen molar-refractivity contribution >= 4 is 5.78 Å². The number of Topliss-reactive ketones (excluding diaryl/α,β-unsaturated/α-hetero) is 1. The van der Waals surface area contributed by atoms with Gasteiger partial charge >= 0.3 is 0 Å². The van der Waals surface area contributed by atoms with E-state index in [4.69, 9.17) is 0 Å². The smallest absolute Gasteiger partial charge is 0.137 e. The number of carbonyl (C=O) groups is 1. The molecule has 3 aliphatic carbocycles. The maximum absolute atomic E-state index is 11.4. The third kappa shape index (κ3) is 0.423. The van der Waals surface area contributed by atoms with E-state index in [9.17, 15) is 4.79 Å². The Morgan fingerprint density at radius 3 is 2.82 bits per heavy atom. The standard InChI is InChI=1S/C10H14O/c1-9-4-2-5-10(9)6-3-7(11)8(9)10/h8H,2-6H2,1H3. The van der Waals surface area contributed by atoms with Gasteiger partial charge in [0.25, 0.3) is 0 Å². The molecule has 0 aromatic carbocycles. The maximum Gasteiger partial charge on any atom is 0.137 e. The van der Waals surface area contributed by atoms with Crippen molar-refractivity contribution in [2.45, 2.75) is 39.0 Å². The van der Waals surface area contributed by atoms with Gasteiger partial charge in [-0.3, -0.25) is 4.79 Å². The second-order valence-corrected chi connectivity index (χ2v) is 4.83. The maximum atomic E-state index is 11.4. The molecule has 3 atom stereocenters. The van der Waals surface area contributed by atoms with E-state index in [-0.39, 0.29) is 0 Å². The third-order valence-corrected chi connectivity index (χ3v) is 4.70. The first-order valence-electron chi connectivity index (χ1n) is 4.73. The van der Waals surface area contributed by atoms with Crippen LogP contribution >= 0.6 is 0 Å². The highest BCUT2D eigenvalue weighted by molar-refractivity contribution is 5.90. The summed E-state index contributed by atoms with van der Waals surface area (Å²) < 4.78 is 0. The minimum absolute atomic E-state index is 0.475. The molecule has 0 radical (unpaired) electrons. The number of carbonyl (C=O) groups excluding carboxylic acids is 1. The Balaban J connectivity index is 2.06. The van der Waals surface area contributed by atoms with Crippen molar-refractivity contribution in [3.63, 3.8) is 0 Å². The molecule has 0 amide bonds. The van der Waals surface area contributed by atoms with Gasteiger partial charge in [0.05, 0.1) is 0 Å². The molecule has 0 bridgehead atoms. The second-order valence-electron chi connectivity index (χ2n) is 4.83. The predicted molar refractivity (Wildman–Crippen MR) is 42.1 cm³/mol. The summed E-state index contributed by atoms with van der Waals surface area (Å²) in [4.78, 5) is 11.4. The first-order chi connectivity index (χ1) is 5.21. The van der Waals surface area contributed by atoms with Gasteiger partial charge < -0.3 is 0 Å². The fraction of sp³-hybridized carbons (Fsp3) is 0.900. The fourth-order valence-corrected chi connectivity index (χ4v) is 4.14. The monoisotopic (exact) mass is 150 g/mol. The summed E-state index contributed by atoms with van der Waals surface area (Å²) in [5.41, 5.74) is 1.01. The van der Waals surface area contributed by atoms with Crippen molar-refractivity contribution < 1.29 is 4.79 Å². The van der Waals surface area contributed by atoms with Gasteiger partial charge in [-0.05, 0) is 30.1 Å². The summed E-state index contributed by atoms with van der Waals surface area (Å²) in [6.45, 7) is 2.34. The molecule has 3 rings (SSSR count). The minimum atomic E-state index is 0.475. The molecule has 0 saturated heterocycles. The van der Waals surface area contributed by atoms with Crippen LogP contribution in [0.2, 0.25) is 0 Å². The summed E-state index contributed by atoms with van der Waals surface area (Å²) in [6.07, 6.45) is 6.15. The van der Waals surface area contributed by atoms with Gasteiger partial charge in [0, 0.05) is 12.3 Å². The molecule has 3 aliphatic rings. The van der Waals surface area contributed by atoms with Gasteiger partial charge in [-0.15, -0.1) is 0 Å². The van der Waals surface area contributed by atoms with Crippen LogP contribution in [0.3, 0.4) is 0 Å². The van der Waals surface area contributed by atoms with Crippen molar-refractivity contribution in [1.82, 2.24) is 0 Å². The van der Waals surface area contributed by atoms with Crippen LogP contribution in [0.1, 0.15) is 39.0 Å². The lowest BCUT2D eigenvalue weighted by molar-refractivity contribution is -0.120. The van der Waals surface area contributed by atoms with E-state index in [1.807, 2.05) is 0 Å². The molecule has 60 valence electrons. The Morgan fingerprint density at radius 1 is 1.36 bits per heavy atom. The quantitative estimate of drug-likeness (QED) is 0.517. The number of hydrogen-bond donors (Lipinski definition) is 0. The van der Waals surface area contributed by atoms with Crippen LogP contribution in [-0.2, 0) is 4.79 Å². The van der Waals surface area contributed by atoms with Crippen molar-refractivity contribution in [3.05, 3.63) is 0 Å². The van der Waals surface area contributed by atoms with Crippen LogP contribution in [0.15, 0.2) is 0 Å². The van der Waals surface area contributed by atoms with Gasteiger partial charge in [0.15, 0.2) is 0 Å². The van der Waals surface area contributed by atoms with E-state index in [0.29, 0.717) is 22.5 Å². The molecule has 1 nitrogen and oxygen atoms in total. The van der Waals surface area contributed by atoms with Crippen molar-refractivity contribution in [2.75, 3.05) is 0 Å². The molecule has 1 spiro atoms. The van der Waals surface area contributed by atoms with E-state index < -0.39 is 0 Å². The zero-order valence-electron chi connectivity index (χ0n) is 7.02. The summed E-state index contributed by atoms with van der Waals surface area (Å²) >= 11 is 0. The second kappa shape index (κ2) is 1.41. The van der Waals surface area contributed by atoms with Crippen LogP contribution in [0.5, 0.6) is 0 Å². The van der Waals surface area contributed by atoms with Crippen molar-refractivity contribution in [2.24, 2.45) is 16.7 Å². The largest absolute Gasteiger partial charge is 0.299 e. The third-order valence-electron chi connectivity index (χ3n) is 4.70. The van der Waals surface area contributed by atoms with Crippen LogP contribution < -0.4 is 0 Å². The molecule has 1 heteroatoms. The summed E-state index contributed by atoms with van der Waals surface area (Å²) in [7, 11) is 0. The van der Waals surface area contributed by atoms with E-state index >= 15 is 0 Å². The van der Waals surface area contributed by atoms with E-state index in [1.165, 1.54) is 25.7 Å². The van der Waals surface area contributed by atoms with Gasteiger partial charge in [-0.25, -0.2) is 0 Å². The Morgan fingerprint density at radius 2 is 2.18 bits per heavy atom. The molecule has 0 N–H and O–H groups in total. The zero-order valence-corrected chi connectivity index (χ0v) is 7.02. The molecule has 0 aromatic rings. The minimum Gasteiger partial charge on any atom is -0.299 e. The molecule has 0 aliphatic heterocycles. The number of hydrogen-bond acceptors (Lipinski definition) is 1. The van der Waals surface area contributed by atoms with Crippen molar-refractivity contribution in [1.29, 1.82) is 0 Å². The highest BCUT2D eigenvalue weighted by Crippen LogP contribution is 2.82. The van der Waals surface area contributed by atoms with E-state index in [1.54, 1.807) is 0 Å². The SMILES string of the molecule is CC12CCCC13CCC(=O)C23. The summed E-state index contributed by atoms with van der Waals surface area (Å²) in [5.74, 6) is 1.08. The first kappa shape index (κ1) is 6.22. The van der Waals surface area contributed by atoms with Gasteiger partial charge in [0.1, 0.15) is 5.78 Å². The Bertz CT molecular complexity index is 245. The average molecular weight is 150 g/mol. The lowest BCUT2D eigenvalue weighted by Crippen LogP contribution is -2.07.